The molecule has 1 fully saturated rings. The molecule has 1 amide bonds. The smallest absolute Gasteiger partial charge is 0.339 e. The number of rotatable bonds is 5. The number of carbonyl (C=O) groups excluding carboxylic acids is 4. The van der Waals surface area contributed by atoms with Gasteiger partial charge in [0.1, 0.15) is 0 Å². The van der Waals surface area contributed by atoms with E-state index in [1.807, 2.05) is 6.92 Å². The molecule has 0 bridgehead atoms. The topological polar surface area (TPSA) is 80.8 Å². The maximum Gasteiger partial charge on any atom is 0.339 e. The minimum Gasteiger partial charge on any atom is -0.452 e. The molecule has 2 aliphatic rings. The van der Waals surface area contributed by atoms with Crippen molar-refractivity contribution in [2.45, 2.75) is 45.1 Å². The second kappa shape index (κ2) is 8.84. The van der Waals surface area contributed by atoms with Crippen molar-refractivity contribution in [3.63, 3.8) is 0 Å². The van der Waals surface area contributed by atoms with E-state index in [4.69, 9.17) is 4.74 Å². The van der Waals surface area contributed by atoms with E-state index >= 15 is 0 Å². The molecule has 1 saturated carbocycles. The van der Waals surface area contributed by atoms with Gasteiger partial charge >= 0.3 is 5.97 Å². The van der Waals surface area contributed by atoms with Crippen molar-refractivity contribution in [2.75, 3.05) is 13.2 Å². The molecule has 31 heavy (non-hydrogen) atoms. The Kier molecular flexibility index (Phi) is 5.98. The molecule has 2 aromatic carbocycles. The number of fused-ring (bicyclic) bond motifs is 2. The monoisotopic (exact) mass is 419 g/mol. The number of ketones is 2. The van der Waals surface area contributed by atoms with Crippen molar-refractivity contribution in [2.24, 2.45) is 0 Å². The maximum atomic E-state index is 13.0. The number of esters is 1. The second-order valence-electron chi connectivity index (χ2n) is 7.98. The van der Waals surface area contributed by atoms with Crippen LogP contribution in [0.5, 0.6) is 0 Å². The zero-order valence-corrected chi connectivity index (χ0v) is 17.6. The molecule has 0 heterocycles. The van der Waals surface area contributed by atoms with Gasteiger partial charge in [0.05, 0.1) is 5.56 Å². The summed E-state index contributed by atoms with van der Waals surface area (Å²) in [6.45, 7) is 2.10. The van der Waals surface area contributed by atoms with Gasteiger partial charge in [-0.05, 0) is 25.8 Å². The van der Waals surface area contributed by atoms with Gasteiger partial charge in [-0.25, -0.2) is 4.79 Å². The third-order valence-electron chi connectivity index (χ3n) is 6.18. The molecule has 2 aliphatic carbocycles. The third-order valence-corrected chi connectivity index (χ3v) is 6.18. The van der Waals surface area contributed by atoms with Crippen LogP contribution in [0, 0.1) is 0 Å². The van der Waals surface area contributed by atoms with Gasteiger partial charge in [0, 0.05) is 34.8 Å². The fraction of sp³-hybridized carbons (Fsp3) is 0.360. The standard InChI is InChI=1S/C25H25NO5/c1-2-26(16-9-4-3-5-10-16)21(27)15-31-25(30)20-14-8-13-19-22(20)24(29)18-12-7-6-11-17(18)23(19)28/h6-8,11-14,16H,2-5,9-10,15H2,1H3. The molecule has 0 atom stereocenters. The van der Waals surface area contributed by atoms with Crippen LogP contribution in [-0.2, 0) is 9.53 Å². The lowest BCUT2D eigenvalue weighted by Crippen LogP contribution is -2.43. The molecule has 6 nitrogen and oxygen atoms in total. The van der Waals surface area contributed by atoms with E-state index in [-0.39, 0.29) is 52.4 Å². The van der Waals surface area contributed by atoms with Gasteiger partial charge in [-0.15, -0.1) is 0 Å². The molecular weight excluding hydrogens is 394 g/mol. The maximum absolute atomic E-state index is 13.0. The first kappa shape index (κ1) is 21.0. The Morgan fingerprint density at radius 3 is 2.23 bits per heavy atom. The van der Waals surface area contributed by atoms with Crippen LogP contribution in [0.25, 0.3) is 0 Å². The van der Waals surface area contributed by atoms with E-state index in [0.29, 0.717) is 12.1 Å². The van der Waals surface area contributed by atoms with Gasteiger partial charge in [-0.2, -0.15) is 0 Å². The summed E-state index contributed by atoms with van der Waals surface area (Å²) in [5, 5.41) is 0. The van der Waals surface area contributed by atoms with Crippen molar-refractivity contribution in [3.8, 4) is 0 Å². The van der Waals surface area contributed by atoms with Gasteiger partial charge in [0.25, 0.3) is 5.91 Å². The highest BCUT2D eigenvalue weighted by atomic mass is 16.5. The summed E-state index contributed by atoms with van der Waals surface area (Å²) in [6, 6.07) is 11.3. The van der Waals surface area contributed by atoms with Crippen LogP contribution in [0.1, 0.15) is 81.2 Å². The molecule has 0 radical (unpaired) electrons. The summed E-state index contributed by atoms with van der Waals surface area (Å²) < 4.78 is 5.31. The van der Waals surface area contributed by atoms with Crippen LogP contribution in [0.2, 0.25) is 0 Å². The van der Waals surface area contributed by atoms with Crippen LogP contribution in [0.3, 0.4) is 0 Å². The Hall–Kier alpha value is -3.28. The zero-order valence-electron chi connectivity index (χ0n) is 17.6. The minimum atomic E-state index is -0.773. The van der Waals surface area contributed by atoms with Gasteiger partial charge < -0.3 is 9.64 Å². The SMILES string of the molecule is CCN(C(=O)COC(=O)c1cccc2c1C(=O)c1ccccc1C2=O)C1CCCCC1. The van der Waals surface area contributed by atoms with Gasteiger partial charge in [0.15, 0.2) is 18.2 Å². The molecule has 0 unspecified atom stereocenters. The average molecular weight is 419 g/mol. The van der Waals surface area contributed by atoms with E-state index in [9.17, 15) is 19.2 Å². The predicted molar refractivity (Wildman–Crippen MR) is 114 cm³/mol. The van der Waals surface area contributed by atoms with Crippen molar-refractivity contribution in [1.29, 1.82) is 0 Å². The molecule has 0 saturated heterocycles. The average Bonchev–Trinajstić information content (AvgIpc) is 2.81. The number of likely N-dealkylation sites (N-methyl/N-ethyl adjacent to an activating group) is 1. The summed E-state index contributed by atoms with van der Waals surface area (Å²) in [4.78, 5) is 53.2. The number of hydrogen-bond acceptors (Lipinski definition) is 5. The van der Waals surface area contributed by atoms with Gasteiger partial charge in [0.2, 0.25) is 0 Å². The number of amides is 1. The molecule has 160 valence electrons. The van der Waals surface area contributed by atoms with Crippen LogP contribution < -0.4 is 0 Å². The van der Waals surface area contributed by atoms with E-state index < -0.39 is 5.97 Å². The molecular formula is C25H25NO5. The predicted octanol–water partition coefficient (Wildman–Crippen LogP) is 3.80. The number of ether oxygens (including phenoxy) is 1. The summed E-state index contributed by atoms with van der Waals surface area (Å²) in [6.07, 6.45) is 5.32. The van der Waals surface area contributed by atoms with Crippen LogP contribution >= 0.6 is 0 Å². The van der Waals surface area contributed by atoms with Crippen molar-refractivity contribution in [1.82, 2.24) is 4.90 Å². The van der Waals surface area contributed by atoms with Gasteiger partial charge in [-0.1, -0.05) is 55.7 Å². The second-order valence-corrected chi connectivity index (χ2v) is 7.98. The quantitative estimate of drug-likeness (QED) is 0.588. The zero-order chi connectivity index (χ0) is 22.0. The highest BCUT2D eigenvalue weighted by Crippen LogP contribution is 2.30. The number of hydrogen-bond donors (Lipinski definition) is 0. The number of benzene rings is 2. The van der Waals surface area contributed by atoms with Crippen molar-refractivity contribution < 1.29 is 23.9 Å². The highest BCUT2D eigenvalue weighted by Gasteiger charge is 2.33. The van der Waals surface area contributed by atoms with Crippen LogP contribution in [-0.4, -0.2) is 47.5 Å². The fourth-order valence-corrected chi connectivity index (χ4v) is 4.63. The molecule has 0 aromatic heterocycles. The summed E-state index contributed by atoms with van der Waals surface area (Å²) in [5.74, 6) is -1.70. The van der Waals surface area contributed by atoms with Gasteiger partial charge in [-0.3, -0.25) is 14.4 Å². The molecule has 0 aliphatic heterocycles. The van der Waals surface area contributed by atoms with Crippen LogP contribution in [0.15, 0.2) is 42.5 Å². The molecule has 0 N–H and O–H groups in total. The lowest BCUT2D eigenvalue weighted by atomic mass is 9.82. The molecule has 2 aromatic rings. The lowest BCUT2D eigenvalue weighted by Gasteiger charge is -2.33. The fourth-order valence-electron chi connectivity index (χ4n) is 4.63. The normalized spacial score (nSPS) is 15.8. The first-order chi connectivity index (χ1) is 15.0. The Morgan fingerprint density at radius 1 is 0.903 bits per heavy atom. The first-order valence-electron chi connectivity index (χ1n) is 10.8. The molecule has 4 rings (SSSR count). The van der Waals surface area contributed by atoms with Crippen LogP contribution in [0.4, 0.5) is 0 Å². The Labute approximate surface area is 181 Å². The van der Waals surface area contributed by atoms with Crippen molar-refractivity contribution >= 4 is 23.4 Å². The summed E-state index contributed by atoms with van der Waals surface area (Å²) in [5.41, 5.74) is 0.835. The Bertz CT molecular complexity index is 1050. The van der Waals surface area contributed by atoms with E-state index in [2.05, 4.69) is 0 Å². The Morgan fingerprint density at radius 2 is 1.55 bits per heavy atom. The largest absolute Gasteiger partial charge is 0.452 e. The third kappa shape index (κ3) is 3.90. The molecule has 0 spiro atoms. The number of nitrogens with zero attached hydrogens (tertiary/aromatic N) is 1. The highest BCUT2D eigenvalue weighted by molar-refractivity contribution is 6.30. The molecule has 6 heteroatoms. The lowest BCUT2D eigenvalue weighted by molar-refractivity contribution is -0.137. The van der Waals surface area contributed by atoms with E-state index in [1.54, 1.807) is 35.2 Å². The van der Waals surface area contributed by atoms with E-state index in [1.165, 1.54) is 18.6 Å². The van der Waals surface area contributed by atoms with Crippen molar-refractivity contribution in [3.05, 3.63) is 70.3 Å². The summed E-state index contributed by atoms with van der Waals surface area (Å²) >= 11 is 0. The minimum absolute atomic E-state index is 0.0128. The van der Waals surface area contributed by atoms with E-state index in [0.717, 1.165) is 25.7 Å². The first-order valence-corrected chi connectivity index (χ1v) is 10.8. The summed E-state index contributed by atoms with van der Waals surface area (Å²) in [7, 11) is 0. The Balaban J connectivity index is 1.53. The number of carbonyl (C=O) groups is 4.